The summed E-state index contributed by atoms with van der Waals surface area (Å²) in [5.41, 5.74) is -1.58. The lowest BCUT2D eigenvalue weighted by molar-refractivity contribution is -0.147. The molecule has 0 bridgehead atoms. The maximum Gasteiger partial charge on any atom is 0.317 e. The molecule has 1 aliphatic rings. The molecule has 1 aromatic rings. The number of nitrogens with one attached hydrogen (secondary N) is 1. The van der Waals surface area contributed by atoms with Crippen LogP contribution in [0, 0.1) is 5.41 Å². The second-order valence-electron chi connectivity index (χ2n) is 5.51. The summed E-state index contributed by atoms with van der Waals surface area (Å²) in [5, 5.41) is 8.87. The third-order valence-corrected chi connectivity index (χ3v) is 5.25. The maximum atomic E-state index is 13.2. The summed E-state index contributed by atoms with van der Waals surface area (Å²) in [6.07, 6.45) is -0.674. The van der Waals surface area contributed by atoms with Crippen LogP contribution in [0.25, 0.3) is 0 Å². The van der Waals surface area contributed by atoms with Crippen molar-refractivity contribution in [3.63, 3.8) is 0 Å². The first-order valence-corrected chi connectivity index (χ1v) is 8.49. The van der Waals surface area contributed by atoms with Crippen molar-refractivity contribution in [3.05, 3.63) is 29.8 Å². The van der Waals surface area contributed by atoms with E-state index in [1.165, 1.54) is 7.11 Å². The molecule has 0 heterocycles. The first kappa shape index (κ1) is 17.6. The van der Waals surface area contributed by atoms with Crippen LogP contribution >= 0.6 is 0 Å². The summed E-state index contributed by atoms with van der Waals surface area (Å²) >= 11 is 0. The number of aryl methyl sites for hydroxylation is 1. The smallest absolute Gasteiger partial charge is 0.317 e. The number of carboxylic acids is 1. The number of benzene rings is 1. The highest BCUT2D eigenvalue weighted by molar-refractivity contribution is 7.89. The molecule has 128 valence electrons. The highest BCUT2D eigenvalue weighted by Gasteiger charge is 2.76. The summed E-state index contributed by atoms with van der Waals surface area (Å²) in [4.78, 5) is 10.9. The van der Waals surface area contributed by atoms with E-state index in [1.807, 2.05) is 4.72 Å². The molecule has 0 amide bonds. The third-order valence-electron chi connectivity index (χ3n) is 3.92. The Balaban J connectivity index is 1.91. The van der Waals surface area contributed by atoms with E-state index >= 15 is 0 Å². The second kappa shape index (κ2) is 6.04. The van der Waals surface area contributed by atoms with Crippen LogP contribution in [0.2, 0.25) is 0 Å². The van der Waals surface area contributed by atoms with Gasteiger partial charge in [-0.05, 0) is 24.1 Å². The van der Waals surface area contributed by atoms with E-state index in [0.717, 1.165) is 5.56 Å². The Kier molecular flexibility index (Phi) is 4.63. The van der Waals surface area contributed by atoms with Gasteiger partial charge in [0.15, 0.2) is 5.41 Å². The van der Waals surface area contributed by atoms with Crippen molar-refractivity contribution < 1.29 is 31.8 Å². The SMILES string of the molecule is COc1ccc(CCS(=O)(=O)NCC2(C(=O)O)CC2(F)F)cc1. The van der Waals surface area contributed by atoms with Crippen molar-refractivity contribution in [2.45, 2.75) is 18.8 Å². The van der Waals surface area contributed by atoms with Gasteiger partial charge in [0, 0.05) is 13.0 Å². The topological polar surface area (TPSA) is 92.7 Å². The number of carbonyl (C=O) groups is 1. The van der Waals surface area contributed by atoms with Gasteiger partial charge in [-0.1, -0.05) is 12.1 Å². The lowest BCUT2D eigenvalue weighted by Gasteiger charge is -2.13. The van der Waals surface area contributed by atoms with Crippen molar-refractivity contribution >= 4 is 16.0 Å². The normalized spacial score (nSPS) is 22.6. The number of hydrogen-bond donors (Lipinski definition) is 2. The first-order valence-electron chi connectivity index (χ1n) is 6.83. The molecule has 1 aromatic carbocycles. The Morgan fingerprint density at radius 1 is 1.35 bits per heavy atom. The number of methoxy groups -OCH3 is 1. The van der Waals surface area contributed by atoms with Gasteiger partial charge in [-0.3, -0.25) is 4.79 Å². The van der Waals surface area contributed by atoms with Crippen LogP contribution in [0.15, 0.2) is 24.3 Å². The molecule has 1 unspecified atom stereocenters. The van der Waals surface area contributed by atoms with Crippen LogP contribution in [-0.2, 0) is 21.2 Å². The van der Waals surface area contributed by atoms with Crippen molar-refractivity contribution in [1.29, 1.82) is 0 Å². The average Bonchev–Trinajstić information content (AvgIpc) is 3.07. The van der Waals surface area contributed by atoms with E-state index in [-0.39, 0.29) is 12.2 Å². The molecule has 2 N–H and O–H groups in total. The average molecular weight is 349 g/mol. The molecule has 0 saturated heterocycles. The highest BCUT2D eigenvalue weighted by atomic mass is 32.2. The Morgan fingerprint density at radius 2 is 1.91 bits per heavy atom. The number of ether oxygens (including phenoxy) is 1. The summed E-state index contributed by atoms with van der Waals surface area (Å²) in [5.74, 6) is -4.76. The molecule has 1 atom stereocenters. The van der Waals surface area contributed by atoms with Crippen LogP contribution in [0.4, 0.5) is 8.78 Å². The van der Waals surface area contributed by atoms with Gasteiger partial charge in [-0.25, -0.2) is 21.9 Å². The van der Waals surface area contributed by atoms with Gasteiger partial charge in [0.1, 0.15) is 5.75 Å². The van der Waals surface area contributed by atoms with Gasteiger partial charge < -0.3 is 9.84 Å². The van der Waals surface area contributed by atoms with Crippen LogP contribution in [0.3, 0.4) is 0 Å². The van der Waals surface area contributed by atoms with Gasteiger partial charge in [-0.2, -0.15) is 0 Å². The molecule has 9 heteroatoms. The van der Waals surface area contributed by atoms with E-state index in [0.29, 0.717) is 5.75 Å². The van der Waals surface area contributed by atoms with Crippen LogP contribution in [0.1, 0.15) is 12.0 Å². The lowest BCUT2D eigenvalue weighted by atomic mass is 10.1. The Hall–Kier alpha value is -1.74. The number of sulfonamides is 1. The van der Waals surface area contributed by atoms with Crippen molar-refractivity contribution in [2.75, 3.05) is 19.4 Å². The van der Waals surface area contributed by atoms with E-state index in [1.54, 1.807) is 24.3 Å². The predicted octanol–water partition coefficient (Wildman–Crippen LogP) is 1.27. The van der Waals surface area contributed by atoms with Crippen molar-refractivity contribution in [2.24, 2.45) is 5.41 Å². The van der Waals surface area contributed by atoms with E-state index in [4.69, 9.17) is 9.84 Å². The molecule has 0 aliphatic heterocycles. The molecular formula is C14H17F2NO5S. The quantitative estimate of drug-likeness (QED) is 0.737. The molecule has 0 radical (unpaired) electrons. The minimum Gasteiger partial charge on any atom is -0.497 e. The van der Waals surface area contributed by atoms with Gasteiger partial charge in [-0.15, -0.1) is 0 Å². The number of hydrogen-bond acceptors (Lipinski definition) is 4. The monoisotopic (exact) mass is 349 g/mol. The first-order chi connectivity index (χ1) is 10.6. The zero-order chi connectivity index (χ0) is 17.3. The number of halogens is 2. The summed E-state index contributed by atoms with van der Waals surface area (Å²) in [7, 11) is -2.34. The zero-order valence-corrected chi connectivity index (χ0v) is 13.2. The number of rotatable bonds is 8. The molecule has 1 saturated carbocycles. The summed E-state index contributed by atoms with van der Waals surface area (Å²) in [6.45, 7) is -0.805. The molecule has 0 spiro atoms. The maximum absolute atomic E-state index is 13.2. The van der Waals surface area contributed by atoms with Crippen LogP contribution in [0.5, 0.6) is 5.75 Å². The largest absolute Gasteiger partial charge is 0.497 e. The Bertz CT molecular complexity index is 690. The van der Waals surface area contributed by atoms with E-state index in [9.17, 15) is 22.0 Å². The minimum atomic E-state index is -3.85. The van der Waals surface area contributed by atoms with Gasteiger partial charge in [0.25, 0.3) is 5.92 Å². The Labute approximate surface area is 132 Å². The molecule has 2 rings (SSSR count). The molecule has 1 aliphatic carbocycles. The van der Waals surface area contributed by atoms with E-state index in [2.05, 4.69) is 0 Å². The minimum absolute atomic E-state index is 0.176. The predicted molar refractivity (Wildman–Crippen MR) is 78.1 cm³/mol. The molecule has 23 heavy (non-hydrogen) atoms. The molecule has 1 fully saturated rings. The van der Waals surface area contributed by atoms with Crippen molar-refractivity contribution in [3.8, 4) is 5.75 Å². The third kappa shape index (κ3) is 3.78. The zero-order valence-electron chi connectivity index (χ0n) is 12.4. The standard InChI is InChI=1S/C14H17F2NO5S/c1-22-11-4-2-10(3-5-11)6-7-23(20,21)17-9-13(12(18)19)8-14(13,15)16/h2-5,17H,6-9H2,1H3,(H,18,19). The highest BCUT2D eigenvalue weighted by Crippen LogP contribution is 2.60. The second-order valence-corrected chi connectivity index (χ2v) is 7.43. The number of carboxylic acid groups (broad SMARTS) is 1. The fourth-order valence-electron chi connectivity index (χ4n) is 2.18. The Morgan fingerprint density at radius 3 is 2.35 bits per heavy atom. The van der Waals surface area contributed by atoms with E-state index < -0.39 is 40.3 Å². The van der Waals surface area contributed by atoms with Crippen molar-refractivity contribution in [1.82, 2.24) is 4.72 Å². The molecule has 0 aromatic heterocycles. The van der Waals surface area contributed by atoms with Crippen LogP contribution in [-0.4, -0.2) is 44.8 Å². The number of alkyl halides is 2. The van der Waals surface area contributed by atoms with Gasteiger partial charge in [0.05, 0.1) is 12.9 Å². The van der Waals surface area contributed by atoms with Crippen LogP contribution < -0.4 is 9.46 Å². The molecule has 6 nitrogen and oxygen atoms in total. The van der Waals surface area contributed by atoms with Gasteiger partial charge in [0.2, 0.25) is 10.0 Å². The lowest BCUT2D eigenvalue weighted by Crippen LogP contribution is -2.38. The summed E-state index contributed by atoms with van der Waals surface area (Å²) < 4.78 is 57.0. The molecular weight excluding hydrogens is 332 g/mol. The number of aliphatic carboxylic acids is 1. The fraction of sp³-hybridized carbons (Fsp3) is 0.500. The van der Waals surface area contributed by atoms with Gasteiger partial charge >= 0.3 is 5.97 Å². The summed E-state index contributed by atoms with van der Waals surface area (Å²) in [6, 6.07) is 6.75. The fourth-order valence-corrected chi connectivity index (χ4v) is 3.30.